The van der Waals surface area contributed by atoms with Gasteiger partial charge in [-0.2, -0.15) is 0 Å². The number of para-hydroxylation sites is 2. The monoisotopic (exact) mass is 693 g/mol. The standard InChI is InChI=1S/C37H39F4N5O4/c1-44(35(47)31-22-29(48-2)13-14-34(31)50-37(39,40)41)23-26(25-9-11-27(38)12-10-25)15-18-45-19-16-28(17-20-45)42-36-43-32-7-3-4-8-33(32)46(36)24-30-6-5-21-49-30/h3-14,21-22,26,28H,15-20,23-24H2,1-2H3,(H,42,43). The summed E-state index contributed by atoms with van der Waals surface area (Å²) in [6.45, 7) is 3.14. The van der Waals surface area contributed by atoms with E-state index in [0.29, 0.717) is 13.0 Å². The van der Waals surface area contributed by atoms with Gasteiger partial charge in [-0.05, 0) is 86.0 Å². The number of nitrogens with one attached hydrogen (secondary N) is 1. The van der Waals surface area contributed by atoms with Crippen LogP contribution in [0.1, 0.15) is 46.9 Å². The molecule has 1 aliphatic heterocycles. The number of carbonyl (C=O) groups is 1. The molecule has 3 heterocycles. The van der Waals surface area contributed by atoms with Crippen molar-refractivity contribution in [2.75, 3.05) is 45.7 Å². The van der Waals surface area contributed by atoms with E-state index in [0.717, 1.165) is 66.8 Å². The van der Waals surface area contributed by atoms with Crippen molar-refractivity contribution in [3.63, 3.8) is 0 Å². The Hall–Kier alpha value is -5.04. The van der Waals surface area contributed by atoms with Crippen molar-refractivity contribution in [1.82, 2.24) is 19.4 Å². The predicted octanol–water partition coefficient (Wildman–Crippen LogP) is 7.55. The molecule has 0 spiro atoms. The number of nitrogens with zero attached hydrogens (tertiary/aromatic N) is 4. The SMILES string of the molecule is COc1ccc(OC(F)(F)F)c(C(=O)N(C)CC(CCN2CCC(Nc3nc4ccccc4n3Cc3ccco3)CC2)c2ccc(F)cc2)c1. The zero-order valence-corrected chi connectivity index (χ0v) is 27.8. The number of likely N-dealkylation sites (N-methyl/N-ethyl adjacent to an activating group) is 1. The Morgan fingerprint density at radius 3 is 2.52 bits per heavy atom. The lowest BCUT2D eigenvalue weighted by Gasteiger charge is -2.34. The first-order valence-electron chi connectivity index (χ1n) is 16.5. The molecule has 1 fully saturated rings. The van der Waals surface area contributed by atoms with Gasteiger partial charge in [-0.3, -0.25) is 4.79 Å². The van der Waals surface area contributed by atoms with Gasteiger partial charge >= 0.3 is 6.36 Å². The average Bonchev–Trinajstić information content (AvgIpc) is 3.75. The van der Waals surface area contributed by atoms with Crippen LogP contribution in [0.25, 0.3) is 11.0 Å². The fourth-order valence-electron chi connectivity index (χ4n) is 6.46. The number of hydrogen-bond donors (Lipinski definition) is 1. The van der Waals surface area contributed by atoms with Gasteiger partial charge in [0.05, 0.1) is 36.5 Å². The van der Waals surface area contributed by atoms with E-state index >= 15 is 0 Å². The highest BCUT2D eigenvalue weighted by atomic mass is 19.4. The molecule has 5 aromatic rings. The van der Waals surface area contributed by atoms with Crippen LogP contribution in [0.15, 0.2) is 89.5 Å². The summed E-state index contributed by atoms with van der Waals surface area (Å²) in [6, 6.07) is 21.8. The third kappa shape index (κ3) is 8.57. The van der Waals surface area contributed by atoms with E-state index in [1.54, 1.807) is 18.4 Å². The van der Waals surface area contributed by atoms with Crippen molar-refractivity contribution in [3.05, 3.63) is 108 Å². The molecule has 1 N–H and O–H groups in total. The van der Waals surface area contributed by atoms with Gasteiger partial charge in [-0.25, -0.2) is 9.37 Å². The van der Waals surface area contributed by atoms with Crippen LogP contribution in [0.5, 0.6) is 11.5 Å². The maximum Gasteiger partial charge on any atom is 0.573 e. The van der Waals surface area contributed by atoms with Crippen LogP contribution in [0.2, 0.25) is 0 Å². The number of anilines is 1. The number of carbonyl (C=O) groups excluding carboxylic acids is 1. The van der Waals surface area contributed by atoms with Gasteiger partial charge < -0.3 is 33.6 Å². The molecule has 264 valence electrons. The molecule has 0 saturated carbocycles. The van der Waals surface area contributed by atoms with E-state index in [4.69, 9.17) is 14.1 Å². The maximum absolute atomic E-state index is 13.9. The summed E-state index contributed by atoms with van der Waals surface area (Å²) < 4.78 is 70.4. The zero-order chi connectivity index (χ0) is 35.3. The summed E-state index contributed by atoms with van der Waals surface area (Å²) in [5.74, 6) is 0.00681. The van der Waals surface area contributed by atoms with Crippen LogP contribution in [-0.2, 0) is 6.54 Å². The van der Waals surface area contributed by atoms with Crippen molar-refractivity contribution < 1.29 is 36.2 Å². The predicted molar refractivity (Wildman–Crippen MR) is 181 cm³/mol. The van der Waals surface area contributed by atoms with Crippen molar-refractivity contribution >= 4 is 22.9 Å². The van der Waals surface area contributed by atoms with Crippen molar-refractivity contribution in [2.45, 2.75) is 44.1 Å². The first kappa shape index (κ1) is 34.8. The molecular weight excluding hydrogens is 654 g/mol. The lowest BCUT2D eigenvalue weighted by Crippen LogP contribution is -2.40. The number of hydrogen-bond acceptors (Lipinski definition) is 7. The Labute approximate surface area is 287 Å². The van der Waals surface area contributed by atoms with E-state index in [-0.39, 0.29) is 35.6 Å². The number of furan rings is 1. The number of amides is 1. The van der Waals surface area contributed by atoms with Gasteiger partial charge in [-0.1, -0.05) is 24.3 Å². The number of halogens is 4. The third-order valence-electron chi connectivity index (χ3n) is 9.09. The zero-order valence-electron chi connectivity index (χ0n) is 27.8. The molecule has 0 radical (unpaired) electrons. The summed E-state index contributed by atoms with van der Waals surface area (Å²) >= 11 is 0. The summed E-state index contributed by atoms with van der Waals surface area (Å²) in [5, 5.41) is 3.66. The summed E-state index contributed by atoms with van der Waals surface area (Å²) in [5.41, 5.74) is 2.49. The molecule has 0 aliphatic carbocycles. The quantitative estimate of drug-likeness (QED) is 0.128. The van der Waals surface area contributed by atoms with E-state index in [2.05, 4.69) is 19.5 Å². The third-order valence-corrected chi connectivity index (χ3v) is 9.09. The molecule has 6 rings (SSSR count). The molecule has 9 nitrogen and oxygen atoms in total. The van der Waals surface area contributed by atoms with Gasteiger partial charge in [0.15, 0.2) is 0 Å². The number of methoxy groups -OCH3 is 1. The Morgan fingerprint density at radius 1 is 1.06 bits per heavy atom. The summed E-state index contributed by atoms with van der Waals surface area (Å²) in [4.78, 5) is 22.1. The second-order valence-corrected chi connectivity index (χ2v) is 12.5. The highest BCUT2D eigenvalue weighted by molar-refractivity contribution is 5.97. The fourth-order valence-corrected chi connectivity index (χ4v) is 6.46. The van der Waals surface area contributed by atoms with Gasteiger partial charge in [0.2, 0.25) is 5.95 Å². The van der Waals surface area contributed by atoms with Crippen LogP contribution in [0.3, 0.4) is 0 Å². The number of rotatable bonds is 13. The van der Waals surface area contributed by atoms with E-state index < -0.39 is 18.0 Å². The molecule has 0 bridgehead atoms. The minimum Gasteiger partial charge on any atom is -0.497 e. The number of piperidine rings is 1. The smallest absolute Gasteiger partial charge is 0.497 e. The molecule has 50 heavy (non-hydrogen) atoms. The number of aromatic nitrogens is 2. The number of fused-ring (bicyclic) bond motifs is 1. The van der Waals surface area contributed by atoms with E-state index in [1.807, 2.05) is 36.4 Å². The van der Waals surface area contributed by atoms with Crippen LogP contribution in [-0.4, -0.2) is 78.0 Å². The maximum atomic E-state index is 13.9. The number of ether oxygens (including phenoxy) is 2. The molecule has 2 aromatic heterocycles. The minimum atomic E-state index is -4.98. The normalized spacial score (nSPS) is 14.8. The molecule has 1 amide bonds. The average molecular weight is 694 g/mol. The summed E-state index contributed by atoms with van der Waals surface area (Å²) in [6.07, 6.45) is -0.887. The molecule has 13 heteroatoms. The van der Waals surface area contributed by atoms with Crippen molar-refractivity contribution in [1.29, 1.82) is 0 Å². The molecule has 3 aromatic carbocycles. The molecule has 1 atom stereocenters. The first-order chi connectivity index (χ1) is 24.1. The number of benzene rings is 3. The minimum absolute atomic E-state index is 0.192. The number of imidazole rings is 1. The summed E-state index contributed by atoms with van der Waals surface area (Å²) in [7, 11) is 2.90. The topological polar surface area (TPSA) is 85.0 Å². The Bertz CT molecular complexity index is 1870. The van der Waals surface area contributed by atoms with Gasteiger partial charge in [0, 0.05) is 38.6 Å². The second kappa shape index (κ2) is 15.2. The molecule has 1 unspecified atom stereocenters. The second-order valence-electron chi connectivity index (χ2n) is 12.5. The molecule has 1 aliphatic rings. The van der Waals surface area contributed by atoms with Crippen LogP contribution >= 0.6 is 0 Å². The number of alkyl halides is 3. The number of likely N-dealkylation sites (tertiary alicyclic amines) is 1. The van der Waals surface area contributed by atoms with Gasteiger partial charge in [-0.15, -0.1) is 13.2 Å². The molecule has 1 saturated heterocycles. The van der Waals surface area contributed by atoms with Crippen molar-refractivity contribution in [3.8, 4) is 11.5 Å². The highest BCUT2D eigenvalue weighted by Crippen LogP contribution is 2.32. The van der Waals surface area contributed by atoms with Gasteiger partial charge in [0.25, 0.3) is 5.91 Å². The lowest BCUT2D eigenvalue weighted by atomic mass is 9.94. The van der Waals surface area contributed by atoms with E-state index in [1.165, 1.54) is 43.3 Å². The Balaban J connectivity index is 1.10. The first-order valence-corrected chi connectivity index (χ1v) is 16.5. The van der Waals surface area contributed by atoms with Crippen LogP contribution in [0.4, 0.5) is 23.5 Å². The Morgan fingerprint density at radius 2 is 1.82 bits per heavy atom. The largest absolute Gasteiger partial charge is 0.573 e. The van der Waals surface area contributed by atoms with Gasteiger partial charge in [0.1, 0.15) is 23.1 Å². The van der Waals surface area contributed by atoms with Crippen LogP contribution in [0, 0.1) is 5.82 Å². The van der Waals surface area contributed by atoms with Crippen molar-refractivity contribution in [2.24, 2.45) is 0 Å². The highest BCUT2D eigenvalue weighted by Gasteiger charge is 2.34. The fraction of sp³-hybridized carbons (Fsp3) is 0.351. The lowest BCUT2D eigenvalue weighted by molar-refractivity contribution is -0.274. The van der Waals surface area contributed by atoms with E-state index in [9.17, 15) is 22.4 Å². The Kier molecular flexibility index (Phi) is 10.6. The van der Waals surface area contributed by atoms with Crippen LogP contribution < -0.4 is 14.8 Å². The molecular formula is C37H39F4N5O4.